The Kier molecular flexibility index (Phi) is 4.23. The molecule has 0 bridgehead atoms. The summed E-state index contributed by atoms with van der Waals surface area (Å²) >= 11 is 0. The highest BCUT2D eigenvalue weighted by atomic mass is 16.4. The molecule has 1 aliphatic rings. The summed E-state index contributed by atoms with van der Waals surface area (Å²) in [7, 11) is 0. The summed E-state index contributed by atoms with van der Waals surface area (Å²) < 4.78 is 7.45. The molecule has 0 saturated heterocycles. The number of rotatable bonds is 5. The zero-order chi connectivity index (χ0) is 20.8. The molecule has 0 aliphatic heterocycles. The van der Waals surface area contributed by atoms with Gasteiger partial charge >= 0.3 is 0 Å². The lowest BCUT2D eigenvalue weighted by Crippen LogP contribution is -2.26. The molecule has 3 N–H and O–H groups in total. The van der Waals surface area contributed by atoms with Crippen LogP contribution >= 0.6 is 0 Å². The van der Waals surface area contributed by atoms with Crippen LogP contribution in [0.5, 0.6) is 0 Å². The lowest BCUT2D eigenvalue weighted by molar-refractivity contribution is 0.532. The molecule has 1 aromatic carbocycles. The van der Waals surface area contributed by atoms with Crippen LogP contribution in [-0.2, 0) is 0 Å². The van der Waals surface area contributed by atoms with Crippen LogP contribution < -0.4 is 16.6 Å². The lowest BCUT2D eigenvalue weighted by atomic mass is 10.1. The van der Waals surface area contributed by atoms with Crippen LogP contribution in [0, 0.1) is 6.92 Å². The normalized spacial score (nSPS) is 14.7. The van der Waals surface area contributed by atoms with Crippen molar-refractivity contribution < 1.29 is 4.42 Å². The first-order valence-electron chi connectivity index (χ1n) is 9.84. The Labute approximate surface area is 172 Å². The number of nitrogens with zero attached hydrogens (tertiary/aromatic N) is 5. The average molecular weight is 403 g/mol. The number of aryl methyl sites for hydroxylation is 1. The molecule has 1 fully saturated rings. The zero-order valence-electron chi connectivity index (χ0n) is 16.7. The molecule has 5 rings (SSSR count). The van der Waals surface area contributed by atoms with Crippen LogP contribution in [0.4, 0.5) is 11.6 Å². The second kappa shape index (κ2) is 6.94. The smallest absolute Gasteiger partial charge is 0.258 e. The van der Waals surface area contributed by atoms with Crippen molar-refractivity contribution in [3.8, 4) is 11.5 Å². The van der Waals surface area contributed by atoms with E-state index in [2.05, 4.69) is 31.5 Å². The number of pyridine rings is 1. The maximum Gasteiger partial charge on any atom is 0.258 e. The highest BCUT2D eigenvalue weighted by Crippen LogP contribution is 2.38. The van der Waals surface area contributed by atoms with Crippen LogP contribution in [0.2, 0.25) is 0 Å². The number of nitrogens with two attached hydrogens (primary N) is 1. The zero-order valence-corrected chi connectivity index (χ0v) is 16.7. The van der Waals surface area contributed by atoms with Gasteiger partial charge in [-0.25, -0.2) is 9.97 Å². The number of hydrogen-bond acceptors (Lipinski definition) is 8. The van der Waals surface area contributed by atoms with Crippen molar-refractivity contribution >= 4 is 22.4 Å². The molecule has 1 atom stereocenters. The molecule has 0 radical (unpaired) electrons. The van der Waals surface area contributed by atoms with Crippen LogP contribution in [0.25, 0.3) is 22.2 Å². The van der Waals surface area contributed by atoms with Gasteiger partial charge in [-0.1, -0.05) is 18.2 Å². The van der Waals surface area contributed by atoms with Crippen molar-refractivity contribution in [3.63, 3.8) is 0 Å². The molecule has 9 nitrogen and oxygen atoms in total. The van der Waals surface area contributed by atoms with Crippen molar-refractivity contribution in [2.24, 2.45) is 0 Å². The fraction of sp³-hybridized carbons (Fsp3) is 0.286. The van der Waals surface area contributed by atoms with Gasteiger partial charge in [0.05, 0.1) is 6.04 Å². The number of hydrogen-bond donors (Lipinski definition) is 2. The minimum absolute atomic E-state index is 0.0363. The molecule has 3 heterocycles. The highest BCUT2D eigenvalue weighted by molar-refractivity contribution is 5.82. The van der Waals surface area contributed by atoms with E-state index in [1.54, 1.807) is 6.92 Å². The topological polar surface area (TPSA) is 125 Å². The Bertz CT molecular complexity index is 1310. The summed E-state index contributed by atoms with van der Waals surface area (Å²) in [6.07, 6.45) is 3.39. The van der Waals surface area contributed by atoms with E-state index in [0.717, 1.165) is 29.3 Å². The molecular formula is C21H21N7O2. The van der Waals surface area contributed by atoms with Gasteiger partial charge in [0.1, 0.15) is 23.5 Å². The van der Waals surface area contributed by atoms with E-state index in [0.29, 0.717) is 17.3 Å². The first-order chi connectivity index (χ1) is 14.5. The Morgan fingerprint density at radius 3 is 2.77 bits per heavy atom. The molecule has 0 spiro atoms. The third-order valence-corrected chi connectivity index (χ3v) is 5.32. The van der Waals surface area contributed by atoms with E-state index in [-0.39, 0.29) is 29.4 Å². The largest absolute Gasteiger partial charge is 0.421 e. The lowest BCUT2D eigenvalue weighted by Gasteiger charge is -2.22. The summed E-state index contributed by atoms with van der Waals surface area (Å²) in [5, 5.41) is 12.9. The summed E-state index contributed by atoms with van der Waals surface area (Å²) in [5.74, 6) is 1.38. The predicted octanol–water partition coefficient (Wildman–Crippen LogP) is 3.24. The molecule has 3 aromatic heterocycles. The van der Waals surface area contributed by atoms with Crippen LogP contribution in [0.1, 0.15) is 43.4 Å². The molecule has 0 amide bonds. The summed E-state index contributed by atoms with van der Waals surface area (Å²) in [4.78, 5) is 21.6. The predicted molar refractivity (Wildman–Crippen MR) is 113 cm³/mol. The van der Waals surface area contributed by atoms with Gasteiger partial charge in [-0.2, -0.15) is 0 Å². The maximum atomic E-state index is 13.2. The molecule has 30 heavy (non-hydrogen) atoms. The van der Waals surface area contributed by atoms with Gasteiger partial charge in [-0.15, -0.1) is 10.2 Å². The molecule has 0 unspecified atom stereocenters. The number of anilines is 2. The number of benzene rings is 1. The standard InChI is InChI=1S/C21H21N7O2/c1-11(25-19-17(18(22)23-10-24-19)20-27-26-12(2)30-20)16-9-13-5-3-4-6-15(13)21(29)28(16)14-7-8-14/h3-6,9-11,14H,7-8H2,1-2H3,(H3,22,23,24,25)/t11-/m0/s1. The van der Waals surface area contributed by atoms with Gasteiger partial charge in [0, 0.05) is 24.0 Å². The number of nitrogen functional groups attached to an aromatic ring is 1. The van der Waals surface area contributed by atoms with Gasteiger partial charge in [0.2, 0.25) is 5.89 Å². The van der Waals surface area contributed by atoms with Crippen LogP contribution in [-0.4, -0.2) is 24.7 Å². The number of nitrogens with one attached hydrogen (secondary N) is 1. The third kappa shape index (κ3) is 3.08. The van der Waals surface area contributed by atoms with E-state index in [9.17, 15) is 4.79 Å². The minimum atomic E-state index is -0.222. The van der Waals surface area contributed by atoms with E-state index < -0.39 is 0 Å². The molecule has 1 aliphatic carbocycles. The van der Waals surface area contributed by atoms with Crippen LogP contribution in [0.15, 0.2) is 45.9 Å². The Balaban J connectivity index is 1.60. The SMILES string of the molecule is Cc1nnc(-c2c(N)ncnc2N[C@@H](C)c2cc3ccccc3c(=O)n2C2CC2)o1. The first-order valence-corrected chi connectivity index (χ1v) is 9.84. The number of aromatic nitrogens is 5. The average Bonchev–Trinajstić information content (AvgIpc) is 3.48. The van der Waals surface area contributed by atoms with Gasteiger partial charge in [0.15, 0.2) is 0 Å². The molecule has 152 valence electrons. The molecule has 9 heteroatoms. The van der Waals surface area contributed by atoms with Crippen molar-refractivity contribution in [3.05, 3.63) is 58.6 Å². The summed E-state index contributed by atoms with van der Waals surface area (Å²) in [6, 6.07) is 9.74. The van der Waals surface area contributed by atoms with E-state index >= 15 is 0 Å². The fourth-order valence-electron chi connectivity index (χ4n) is 3.73. The van der Waals surface area contributed by atoms with Crippen molar-refractivity contribution in [2.75, 3.05) is 11.1 Å². The number of fused-ring (bicyclic) bond motifs is 1. The Hall–Kier alpha value is -3.75. The third-order valence-electron chi connectivity index (χ3n) is 5.32. The van der Waals surface area contributed by atoms with E-state index in [4.69, 9.17) is 10.2 Å². The van der Waals surface area contributed by atoms with Gasteiger partial charge in [-0.05, 0) is 37.3 Å². The fourth-order valence-corrected chi connectivity index (χ4v) is 3.73. The van der Waals surface area contributed by atoms with Crippen LogP contribution in [0.3, 0.4) is 0 Å². The van der Waals surface area contributed by atoms with Gasteiger partial charge < -0.3 is 20.0 Å². The van der Waals surface area contributed by atoms with E-state index in [1.165, 1.54) is 6.33 Å². The minimum Gasteiger partial charge on any atom is -0.421 e. The highest BCUT2D eigenvalue weighted by Gasteiger charge is 2.29. The Morgan fingerprint density at radius 2 is 2.03 bits per heavy atom. The monoisotopic (exact) mass is 403 g/mol. The van der Waals surface area contributed by atoms with E-state index in [1.807, 2.05) is 35.8 Å². The second-order valence-corrected chi connectivity index (χ2v) is 7.54. The quantitative estimate of drug-likeness (QED) is 0.520. The first kappa shape index (κ1) is 18.3. The van der Waals surface area contributed by atoms with Crippen molar-refractivity contribution in [1.29, 1.82) is 0 Å². The molecular weight excluding hydrogens is 382 g/mol. The molecule has 4 aromatic rings. The second-order valence-electron chi connectivity index (χ2n) is 7.54. The molecule has 1 saturated carbocycles. The van der Waals surface area contributed by atoms with Gasteiger partial charge in [-0.3, -0.25) is 4.79 Å². The Morgan fingerprint density at radius 1 is 1.23 bits per heavy atom. The van der Waals surface area contributed by atoms with Crippen molar-refractivity contribution in [1.82, 2.24) is 24.7 Å². The summed E-state index contributed by atoms with van der Waals surface area (Å²) in [5.41, 5.74) is 7.47. The van der Waals surface area contributed by atoms with Gasteiger partial charge in [0.25, 0.3) is 11.4 Å². The summed E-state index contributed by atoms with van der Waals surface area (Å²) in [6.45, 7) is 3.69. The van der Waals surface area contributed by atoms with Crippen molar-refractivity contribution in [2.45, 2.75) is 38.8 Å². The maximum absolute atomic E-state index is 13.2.